The monoisotopic (exact) mass is 389 g/mol. The quantitative estimate of drug-likeness (QED) is 0.653. The van der Waals surface area contributed by atoms with Gasteiger partial charge in [0, 0.05) is 23.0 Å². The lowest BCUT2D eigenvalue weighted by Crippen LogP contribution is -2.36. The number of halogens is 1. The summed E-state index contributed by atoms with van der Waals surface area (Å²) in [6.45, 7) is 8.19. The number of aryl methyl sites for hydroxylation is 2. The SMILES string of the molecule is Cc1sc2nc(CN3CCOCC3)nc(Oc3cccc(Cl)c3)c2c1C. The molecule has 0 radical (unpaired) electrons. The zero-order valence-corrected chi connectivity index (χ0v) is 16.4. The Bertz CT molecular complexity index is 938. The molecule has 1 aliphatic rings. The fraction of sp³-hybridized carbons (Fsp3) is 0.368. The van der Waals surface area contributed by atoms with Gasteiger partial charge in [0.1, 0.15) is 16.4 Å². The van der Waals surface area contributed by atoms with Crippen molar-refractivity contribution in [1.82, 2.24) is 14.9 Å². The van der Waals surface area contributed by atoms with Crippen molar-refractivity contribution in [3.8, 4) is 11.6 Å². The van der Waals surface area contributed by atoms with Crippen LogP contribution in [0.5, 0.6) is 11.6 Å². The van der Waals surface area contributed by atoms with Crippen LogP contribution in [-0.4, -0.2) is 41.2 Å². The highest BCUT2D eigenvalue weighted by Crippen LogP contribution is 2.37. The highest BCUT2D eigenvalue weighted by atomic mass is 35.5. The maximum absolute atomic E-state index is 6.12. The molecule has 0 bridgehead atoms. The van der Waals surface area contributed by atoms with Gasteiger partial charge in [0.05, 0.1) is 25.1 Å². The van der Waals surface area contributed by atoms with E-state index in [1.807, 2.05) is 18.2 Å². The van der Waals surface area contributed by atoms with Crippen LogP contribution in [0.15, 0.2) is 24.3 Å². The van der Waals surface area contributed by atoms with Gasteiger partial charge in [-0.15, -0.1) is 11.3 Å². The van der Waals surface area contributed by atoms with Gasteiger partial charge in [0.15, 0.2) is 0 Å². The molecule has 26 heavy (non-hydrogen) atoms. The van der Waals surface area contributed by atoms with E-state index in [1.165, 1.54) is 10.4 Å². The number of nitrogens with zero attached hydrogens (tertiary/aromatic N) is 3. The third-order valence-electron chi connectivity index (χ3n) is 4.52. The fourth-order valence-corrected chi connectivity index (χ4v) is 4.22. The minimum atomic E-state index is 0.599. The Hall–Kier alpha value is -1.73. The third-order valence-corrected chi connectivity index (χ3v) is 5.86. The van der Waals surface area contributed by atoms with Crippen molar-refractivity contribution in [3.63, 3.8) is 0 Å². The molecule has 0 amide bonds. The Kier molecular flexibility index (Phi) is 5.09. The van der Waals surface area contributed by atoms with E-state index in [1.54, 1.807) is 17.4 Å². The molecule has 3 heterocycles. The van der Waals surface area contributed by atoms with Crippen molar-refractivity contribution in [1.29, 1.82) is 0 Å². The van der Waals surface area contributed by atoms with Crippen molar-refractivity contribution in [2.24, 2.45) is 0 Å². The molecule has 0 N–H and O–H groups in total. The van der Waals surface area contributed by atoms with Gasteiger partial charge in [0.25, 0.3) is 0 Å². The maximum Gasteiger partial charge on any atom is 0.231 e. The van der Waals surface area contributed by atoms with Crippen LogP contribution >= 0.6 is 22.9 Å². The number of hydrogen-bond acceptors (Lipinski definition) is 6. The van der Waals surface area contributed by atoms with E-state index in [4.69, 9.17) is 31.0 Å². The summed E-state index contributed by atoms with van der Waals surface area (Å²) < 4.78 is 11.5. The van der Waals surface area contributed by atoms with Crippen molar-refractivity contribution < 1.29 is 9.47 Å². The first-order valence-corrected chi connectivity index (χ1v) is 9.80. The van der Waals surface area contributed by atoms with Gasteiger partial charge >= 0.3 is 0 Å². The van der Waals surface area contributed by atoms with Crippen LogP contribution in [0.1, 0.15) is 16.3 Å². The number of ether oxygens (including phenoxy) is 2. The normalized spacial score (nSPS) is 15.5. The molecule has 0 unspecified atom stereocenters. The van der Waals surface area contributed by atoms with Crippen LogP contribution in [0.3, 0.4) is 0 Å². The number of rotatable bonds is 4. The fourth-order valence-electron chi connectivity index (χ4n) is 3.00. The van der Waals surface area contributed by atoms with Crippen LogP contribution in [0.25, 0.3) is 10.2 Å². The Morgan fingerprint density at radius 3 is 2.81 bits per heavy atom. The highest BCUT2D eigenvalue weighted by Gasteiger charge is 2.19. The lowest BCUT2D eigenvalue weighted by Gasteiger charge is -2.25. The average Bonchev–Trinajstić information content (AvgIpc) is 2.90. The van der Waals surface area contributed by atoms with Gasteiger partial charge in [-0.3, -0.25) is 4.90 Å². The number of thiophene rings is 1. The molecule has 3 aromatic rings. The van der Waals surface area contributed by atoms with Gasteiger partial charge in [-0.1, -0.05) is 17.7 Å². The third kappa shape index (κ3) is 3.69. The molecule has 0 saturated carbocycles. The summed E-state index contributed by atoms with van der Waals surface area (Å²) in [7, 11) is 0. The topological polar surface area (TPSA) is 47.5 Å². The Balaban J connectivity index is 1.72. The molecule has 1 aromatic carbocycles. The molecule has 5 nitrogen and oxygen atoms in total. The van der Waals surface area contributed by atoms with Gasteiger partial charge in [-0.25, -0.2) is 4.98 Å². The molecule has 1 saturated heterocycles. The molecule has 1 aliphatic heterocycles. The predicted octanol–water partition coefficient (Wildman–Crippen LogP) is 4.59. The molecule has 0 atom stereocenters. The minimum absolute atomic E-state index is 0.599. The smallest absolute Gasteiger partial charge is 0.231 e. The first-order valence-electron chi connectivity index (χ1n) is 8.60. The van der Waals surface area contributed by atoms with Gasteiger partial charge in [0.2, 0.25) is 5.88 Å². The molecular formula is C19H20ClN3O2S. The molecule has 7 heteroatoms. The van der Waals surface area contributed by atoms with E-state index < -0.39 is 0 Å². The van der Waals surface area contributed by atoms with Gasteiger partial charge < -0.3 is 9.47 Å². The zero-order chi connectivity index (χ0) is 18.1. The van der Waals surface area contributed by atoms with Crippen LogP contribution in [0.4, 0.5) is 0 Å². The molecule has 0 spiro atoms. The molecule has 1 fully saturated rings. The summed E-state index contributed by atoms with van der Waals surface area (Å²) in [5.41, 5.74) is 1.17. The number of morpholine rings is 1. The first-order chi connectivity index (χ1) is 12.6. The largest absolute Gasteiger partial charge is 0.438 e. The molecule has 136 valence electrons. The van der Waals surface area contributed by atoms with E-state index in [-0.39, 0.29) is 0 Å². The second kappa shape index (κ2) is 7.48. The first kappa shape index (κ1) is 17.7. The Labute approximate surface area is 161 Å². The van der Waals surface area contributed by atoms with Crippen LogP contribution in [-0.2, 0) is 11.3 Å². The average molecular weight is 390 g/mol. The molecule has 4 rings (SSSR count). The second-order valence-electron chi connectivity index (χ2n) is 6.36. The van der Waals surface area contributed by atoms with Crippen LogP contribution in [0.2, 0.25) is 5.02 Å². The number of fused-ring (bicyclic) bond motifs is 1. The summed E-state index contributed by atoms with van der Waals surface area (Å²) in [5.74, 6) is 2.05. The van der Waals surface area contributed by atoms with Gasteiger partial charge in [-0.2, -0.15) is 4.98 Å². The van der Waals surface area contributed by atoms with E-state index >= 15 is 0 Å². The standard InChI is InChI=1S/C19H20ClN3O2S/c1-12-13(2)26-19-17(12)18(25-15-5-3-4-14(20)10-15)21-16(22-19)11-23-6-8-24-9-7-23/h3-5,10H,6-9,11H2,1-2H3. The summed E-state index contributed by atoms with van der Waals surface area (Å²) in [4.78, 5) is 14.0. The number of benzene rings is 1. The zero-order valence-electron chi connectivity index (χ0n) is 14.8. The van der Waals surface area contributed by atoms with Crippen molar-refractivity contribution in [2.45, 2.75) is 20.4 Å². The minimum Gasteiger partial charge on any atom is -0.438 e. The van der Waals surface area contributed by atoms with Crippen LogP contribution in [0, 0.1) is 13.8 Å². The van der Waals surface area contributed by atoms with Gasteiger partial charge in [-0.05, 0) is 37.6 Å². The summed E-state index contributed by atoms with van der Waals surface area (Å²) in [5, 5.41) is 1.62. The number of aromatic nitrogens is 2. The lowest BCUT2D eigenvalue weighted by molar-refractivity contribution is 0.0330. The molecule has 2 aromatic heterocycles. The predicted molar refractivity (Wildman–Crippen MR) is 105 cm³/mol. The maximum atomic E-state index is 6.12. The van der Waals surface area contributed by atoms with Crippen molar-refractivity contribution in [3.05, 3.63) is 45.6 Å². The summed E-state index contributed by atoms with van der Waals surface area (Å²) in [6.07, 6.45) is 0. The van der Waals surface area contributed by atoms with E-state index in [9.17, 15) is 0 Å². The molecule has 0 aliphatic carbocycles. The van der Waals surface area contributed by atoms with E-state index in [2.05, 4.69) is 18.7 Å². The van der Waals surface area contributed by atoms with E-state index in [0.717, 1.165) is 42.3 Å². The Morgan fingerprint density at radius 2 is 2.04 bits per heavy atom. The molecular weight excluding hydrogens is 370 g/mol. The van der Waals surface area contributed by atoms with Crippen molar-refractivity contribution >= 4 is 33.2 Å². The van der Waals surface area contributed by atoms with Crippen LogP contribution < -0.4 is 4.74 Å². The summed E-state index contributed by atoms with van der Waals surface area (Å²) >= 11 is 7.78. The van der Waals surface area contributed by atoms with E-state index in [0.29, 0.717) is 23.2 Å². The highest BCUT2D eigenvalue weighted by molar-refractivity contribution is 7.18. The lowest BCUT2D eigenvalue weighted by atomic mass is 10.2. The Morgan fingerprint density at radius 1 is 1.23 bits per heavy atom. The number of hydrogen-bond donors (Lipinski definition) is 0. The second-order valence-corrected chi connectivity index (χ2v) is 8.00. The summed E-state index contributed by atoms with van der Waals surface area (Å²) in [6, 6.07) is 7.38. The van der Waals surface area contributed by atoms with Crippen molar-refractivity contribution in [2.75, 3.05) is 26.3 Å².